The smallest absolute Gasteiger partial charge is 0.141 e. The van der Waals surface area contributed by atoms with E-state index in [0.717, 1.165) is 12.7 Å². The van der Waals surface area contributed by atoms with Gasteiger partial charge in [-0.1, -0.05) is 6.92 Å². The normalized spacial score (nSPS) is 16.4. The van der Waals surface area contributed by atoms with Crippen LogP contribution in [0.5, 0.6) is 0 Å². The zero-order valence-electron chi connectivity index (χ0n) is 11.8. The highest BCUT2D eigenvalue weighted by Crippen LogP contribution is 2.20. The van der Waals surface area contributed by atoms with E-state index in [-0.39, 0.29) is 12.0 Å². The van der Waals surface area contributed by atoms with Crippen molar-refractivity contribution >= 4 is 0 Å². The minimum atomic E-state index is -0.713. The first-order chi connectivity index (χ1) is 8.90. The van der Waals surface area contributed by atoms with E-state index in [1.807, 2.05) is 14.0 Å². The molecule has 0 spiro atoms. The monoisotopic (exact) mass is 270 g/mol. The third-order valence-electron chi connectivity index (χ3n) is 3.12. The molecule has 1 heterocycles. The molecule has 0 aliphatic rings. The molecule has 2 N–H and O–H groups in total. The predicted octanol–water partition coefficient (Wildman–Crippen LogP) is 1.59. The van der Waals surface area contributed by atoms with E-state index in [2.05, 4.69) is 9.88 Å². The Kier molecular flexibility index (Phi) is 6.34. The second-order valence-electron chi connectivity index (χ2n) is 5.22. The average molecular weight is 270 g/mol. The summed E-state index contributed by atoms with van der Waals surface area (Å²) >= 11 is 0. The van der Waals surface area contributed by atoms with Crippen LogP contribution in [0.4, 0.5) is 4.39 Å². The molecular formula is C14H23FN2O2. The molecule has 108 valence electrons. The molecule has 1 rings (SSSR count). The van der Waals surface area contributed by atoms with Crippen molar-refractivity contribution in [1.82, 2.24) is 9.88 Å². The van der Waals surface area contributed by atoms with Crippen LogP contribution in [0.3, 0.4) is 0 Å². The maximum absolute atomic E-state index is 12.8. The van der Waals surface area contributed by atoms with E-state index in [0.29, 0.717) is 18.7 Å². The highest BCUT2D eigenvalue weighted by atomic mass is 19.1. The van der Waals surface area contributed by atoms with Crippen molar-refractivity contribution in [2.45, 2.75) is 32.5 Å². The topological polar surface area (TPSA) is 56.6 Å². The number of pyridine rings is 1. The lowest BCUT2D eigenvalue weighted by Crippen LogP contribution is -2.30. The molecule has 0 aliphatic carbocycles. The first-order valence-electron chi connectivity index (χ1n) is 6.56. The Balaban J connectivity index is 2.48. The average Bonchev–Trinajstić information content (AvgIpc) is 2.36. The van der Waals surface area contributed by atoms with Crippen LogP contribution >= 0.6 is 0 Å². The van der Waals surface area contributed by atoms with Gasteiger partial charge in [0.1, 0.15) is 5.82 Å². The largest absolute Gasteiger partial charge is 0.393 e. The van der Waals surface area contributed by atoms with Gasteiger partial charge >= 0.3 is 0 Å². The van der Waals surface area contributed by atoms with Crippen molar-refractivity contribution in [2.75, 3.05) is 20.1 Å². The Morgan fingerprint density at radius 2 is 2.00 bits per heavy atom. The van der Waals surface area contributed by atoms with Gasteiger partial charge in [-0.05, 0) is 32.5 Å². The van der Waals surface area contributed by atoms with Crippen molar-refractivity contribution in [3.8, 4) is 0 Å². The number of rotatable bonds is 7. The molecule has 0 radical (unpaired) electrons. The molecule has 0 aliphatic heterocycles. The molecule has 3 unspecified atom stereocenters. The molecule has 0 saturated heterocycles. The van der Waals surface area contributed by atoms with Crippen LogP contribution in [0.15, 0.2) is 18.3 Å². The van der Waals surface area contributed by atoms with Gasteiger partial charge in [0.05, 0.1) is 24.1 Å². The van der Waals surface area contributed by atoms with Gasteiger partial charge in [0.25, 0.3) is 0 Å². The Bertz CT molecular complexity index is 370. The second-order valence-corrected chi connectivity index (χ2v) is 5.22. The van der Waals surface area contributed by atoms with E-state index in [1.165, 1.54) is 12.1 Å². The van der Waals surface area contributed by atoms with Crippen LogP contribution in [0.2, 0.25) is 0 Å². The lowest BCUT2D eigenvalue weighted by atomic mass is 10.0. The van der Waals surface area contributed by atoms with Gasteiger partial charge in [0.15, 0.2) is 0 Å². The Morgan fingerprint density at radius 3 is 2.53 bits per heavy atom. The molecule has 3 atom stereocenters. The summed E-state index contributed by atoms with van der Waals surface area (Å²) in [5, 5.41) is 19.4. The Labute approximate surface area is 113 Å². The lowest BCUT2D eigenvalue weighted by molar-refractivity contribution is 0.0861. The van der Waals surface area contributed by atoms with Gasteiger partial charge in [-0.3, -0.25) is 4.98 Å². The summed E-state index contributed by atoms with van der Waals surface area (Å²) < 4.78 is 12.8. The maximum Gasteiger partial charge on any atom is 0.141 e. The maximum atomic E-state index is 12.8. The number of hydrogen-bond donors (Lipinski definition) is 2. The molecule has 5 heteroatoms. The third-order valence-corrected chi connectivity index (χ3v) is 3.12. The third kappa shape index (κ3) is 5.63. The molecule has 0 saturated carbocycles. The first-order valence-corrected chi connectivity index (χ1v) is 6.56. The van der Waals surface area contributed by atoms with Crippen LogP contribution in [-0.4, -0.2) is 46.3 Å². The quantitative estimate of drug-likeness (QED) is 0.790. The van der Waals surface area contributed by atoms with E-state index >= 15 is 0 Å². The Hall–Kier alpha value is -1.04. The fraction of sp³-hybridized carbons (Fsp3) is 0.643. The van der Waals surface area contributed by atoms with Crippen molar-refractivity contribution in [3.05, 3.63) is 29.8 Å². The zero-order chi connectivity index (χ0) is 14.4. The minimum absolute atomic E-state index is 0.0167. The van der Waals surface area contributed by atoms with Crippen molar-refractivity contribution in [1.29, 1.82) is 0 Å². The molecule has 0 amide bonds. The van der Waals surface area contributed by atoms with E-state index in [4.69, 9.17) is 0 Å². The summed E-state index contributed by atoms with van der Waals surface area (Å²) in [7, 11) is 1.95. The predicted molar refractivity (Wildman–Crippen MR) is 72.1 cm³/mol. The number of nitrogens with zero attached hydrogens (tertiary/aromatic N) is 2. The van der Waals surface area contributed by atoms with Gasteiger partial charge in [-0.15, -0.1) is 0 Å². The van der Waals surface area contributed by atoms with Gasteiger partial charge < -0.3 is 15.1 Å². The molecule has 1 aromatic heterocycles. The number of halogens is 1. The SMILES string of the molecule is CC(O)CCN(C)CC(C)C(O)c1ccc(F)cn1. The van der Waals surface area contributed by atoms with Crippen LogP contribution in [0, 0.1) is 11.7 Å². The Morgan fingerprint density at radius 1 is 1.32 bits per heavy atom. The van der Waals surface area contributed by atoms with Gasteiger partial charge in [-0.25, -0.2) is 4.39 Å². The van der Waals surface area contributed by atoms with Crippen LogP contribution in [0.1, 0.15) is 32.1 Å². The number of aliphatic hydroxyl groups is 2. The van der Waals surface area contributed by atoms with Gasteiger partial charge in [0, 0.05) is 19.0 Å². The summed E-state index contributed by atoms with van der Waals surface area (Å²) in [6.45, 7) is 5.14. The lowest BCUT2D eigenvalue weighted by Gasteiger charge is -2.25. The van der Waals surface area contributed by atoms with Gasteiger partial charge in [0.2, 0.25) is 0 Å². The molecule has 0 aromatic carbocycles. The molecular weight excluding hydrogens is 247 g/mol. The minimum Gasteiger partial charge on any atom is -0.393 e. The fourth-order valence-corrected chi connectivity index (χ4v) is 1.94. The highest BCUT2D eigenvalue weighted by molar-refractivity contribution is 5.08. The molecule has 0 bridgehead atoms. The van der Waals surface area contributed by atoms with Crippen molar-refractivity contribution in [3.63, 3.8) is 0 Å². The standard InChI is InChI=1S/C14H23FN2O2/c1-10(9-17(3)7-6-11(2)18)14(19)13-5-4-12(15)8-16-13/h4-5,8,10-11,14,18-19H,6-7,9H2,1-3H3. The van der Waals surface area contributed by atoms with Crippen LogP contribution in [-0.2, 0) is 0 Å². The molecule has 1 aromatic rings. The molecule has 0 fully saturated rings. The summed E-state index contributed by atoms with van der Waals surface area (Å²) in [5.41, 5.74) is 0.484. The van der Waals surface area contributed by atoms with E-state index < -0.39 is 11.9 Å². The zero-order valence-corrected chi connectivity index (χ0v) is 11.8. The molecule has 4 nitrogen and oxygen atoms in total. The van der Waals surface area contributed by atoms with Gasteiger partial charge in [-0.2, -0.15) is 0 Å². The van der Waals surface area contributed by atoms with E-state index in [1.54, 1.807) is 6.92 Å². The van der Waals surface area contributed by atoms with Crippen LogP contribution in [0.25, 0.3) is 0 Å². The van der Waals surface area contributed by atoms with Crippen LogP contribution < -0.4 is 0 Å². The molecule has 19 heavy (non-hydrogen) atoms. The summed E-state index contributed by atoms with van der Waals surface area (Å²) in [6.07, 6.45) is 0.785. The first kappa shape index (κ1) is 16.0. The second kappa shape index (κ2) is 7.53. The van der Waals surface area contributed by atoms with Crippen molar-refractivity contribution < 1.29 is 14.6 Å². The number of aromatic nitrogens is 1. The number of hydrogen-bond acceptors (Lipinski definition) is 4. The summed E-state index contributed by atoms with van der Waals surface area (Å²) in [5.74, 6) is -0.422. The number of aliphatic hydroxyl groups excluding tert-OH is 2. The fourth-order valence-electron chi connectivity index (χ4n) is 1.94. The summed E-state index contributed by atoms with van der Waals surface area (Å²) in [6, 6.07) is 2.81. The summed E-state index contributed by atoms with van der Waals surface area (Å²) in [4.78, 5) is 5.96. The van der Waals surface area contributed by atoms with Crippen molar-refractivity contribution in [2.24, 2.45) is 5.92 Å². The van der Waals surface area contributed by atoms with E-state index in [9.17, 15) is 14.6 Å². The highest BCUT2D eigenvalue weighted by Gasteiger charge is 2.19.